The number of benzene rings is 1. The summed E-state index contributed by atoms with van der Waals surface area (Å²) < 4.78 is 0. The molecule has 3 aromatic heterocycles. The van der Waals surface area contributed by atoms with E-state index in [0.717, 1.165) is 70.4 Å². The minimum absolute atomic E-state index is 0.456. The monoisotopic (exact) mass is 372 g/mol. The van der Waals surface area contributed by atoms with Crippen LogP contribution in [-0.4, -0.2) is 51.0 Å². The maximum Gasteiger partial charge on any atom is 0.137 e. The average Bonchev–Trinajstić information content (AvgIpc) is 3.13. The number of nitrogens with one attached hydrogen (secondary N) is 2. The summed E-state index contributed by atoms with van der Waals surface area (Å²) in [6.45, 7) is 4.31. The highest BCUT2D eigenvalue weighted by molar-refractivity contribution is 5.98. The van der Waals surface area contributed by atoms with E-state index in [-0.39, 0.29) is 0 Å². The molecule has 1 aromatic carbocycles. The maximum absolute atomic E-state index is 4.56. The number of hydrogen-bond donors (Lipinski definition) is 2. The molecule has 0 amide bonds. The van der Waals surface area contributed by atoms with Gasteiger partial charge in [0.25, 0.3) is 0 Å². The summed E-state index contributed by atoms with van der Waals surface area (Å²) in [4.78, 5) is 19.2. The fourth-order valence-corrected chi connectivity index (χ4v) is 4.03. The van der Waals surface area contributed by atoms with Gasteiger partial charge in [0.2, 0.25) is 0 Å². The molecule has 4 aromatic rings. The molecule has 142 valence electrons. The van der Waals surface area contributed by atoms with Crippen LogP contribution in [0.5, 0.6) is 0 Å². The van der Waals surface area contributed by atoms with Gasteiger partial charge in [-0.2, -0.15) is 0 Å². The fraction of sp³-hybridized carbons (Fsp3) is 0.318. The van der Waals surface area contributed by atoms with E-state index < -0.39 is 0 Å². The first kappa shape index (κ1) is 17.1. The van der Waals surface area contributed by atoms with Gasteiger partial charge in [-0.1, -0.05) is 6.07 Å². The van der Waals surface area contributed by atoms with Crippen molar-refractivity contribution < 1.29 is 0 Å². The van der Waals surface area contributed by atoms with Gasteiger partial charge in [-0.3, -0.25) is 0 Å². The first-order valence-electron chi connectivity index (χ1n) is 9.81. The Morgan fingerprint density at radius 2 is 1.93 bits per heavy atom. The molecule has 2 N–H and O–H groups in total. The molecule has 0 aliphatic carbocycles. The van der Waals surface area contributed by atoms with Crippen LogP contribution < -0.4 is 5.32 Å². The molecule has 1 saturated heterocycles. The smallest absolute Gasteiger partial charge is 0.137 e. The Bertz CT molecular complexity index is 1140. The molecule has 1 fully saturated rings. The van der Waals surface area contributed by atoms with E-state index in [0.29, 0.717) is 6.04 Å². The molecule has 1 aliphatic heterocycles. The van der Waals surface area contributed by atoms with Crippen molar-refractivity contribution in [1.29, 1.82) is 0 Å². The largest absolute Gasteiger partial charge is 0.367 e. The van der Waals surface area contributed by atoms with Crippen LogP contribution in [0.2, 0.25) is 0 Å². The SMILES string of the molecule is Cc1cnc2[nH]cc(-c3ccc4ncnc(NC5CCN(C)CC5)c4c3)c2c1. The Hall–Kier alpha value is -2.99. The number of aromatic nitrogens is 4. The Balaban J connectivity index is 1.55. The minimum Gasteiger partial charge on any atom is -0.367 e. The summed E-state index contributed by atoms with van der Waals surface area (Å²) >= 11 is 0. The molecule has 5 rings (SSSR count). The van der Waals surface area contributed by atoms with E-state index in [1.165, 1.54) is 0 Å². The molecule has 0 bridgehead atoms. The van der Waals surface area contributed by atoms with Gasteiger partial charge < -0.3 is 15.2 Å². The summed E-state index contributed by atoms with van der Waals surface area (Å²) in [5.74, 6) is 0.926. The van der Waals surface area contributed by atoms with Gasteiger partial charge in [0.15, 0.2) is 0 Å². The highest BCUT2D eigenvalue weighted by atomic mass is 15.1. The quantitative estimate of drug-likeness (QED) is 0.569. The average molecular weight is 372 g/mol. The van der Waals surface area contributed by atoms with Crippen LogP contribution in [0.1, 0.15) is 18.4 Å². The molecule has 1 aliphatic rings. The number of likely N-dealkylation sites (tertiary alicyclic amines) is 1. The standard InChI is InChI=1S/C22H24N6/c1-14-9-17-19(12-24-21(17)23-11-14)15-3-4-20-18(10-15)22(26-13-25-20)27-16-5-7-28(2)8-6-16/h3-4,9-13,16H,5-8H2,1-2H3,(H,23,24)(H,25,26,27). The minimum atomic E-state index is 0.456. The Morgan fingerprint density at radius 3 is 2.79 bits per heavy atom. The van der Waals surface area contributed by atoms with Crippen LogP contribution in [-0.2, 0) is 0 Å². The van der Waals surface area contributed by atoms with Crippen LogP contribution in [0, 0.1) is 6.92 Å². The van der Waals surface area contributed by atoms with Crippen molar-refractivity contribution >= 4 is 27.8 Å². The number of fused-ring (bicyclic) bond motifs is 2. The van der Waals surface area contributed by atoms with Gasteiger partial charge in [0, 0.05) is 34.8 Å². The highest BCUT2D eigenvalue weighted by Crippen LogP contribution is 2.32. The van der Waals surface area contributed by atoms with Crippen molar-refractivity contribution in [3.8, 4) is 11.1 Å². The van der Waals surface area contributed by atoms with E-state index in [1.807, 2.05) is 12.4 Å². The number of aryl methyl sites for hydroxylation is 1. The topological polar surface area (TPSA) is 69.7 Å². The molecule has 0 atom stereocenters. The predicted octanol–water partition coefficient (Wildman–Crippen LogP) is 3.99. The third kappa shape index (κ3) is 3.10. The van der Waals surface area contributed by atoms with Gasteiger partial charge in [-0.15, -0.1) is 0 Å². The second-order valence-electron chi connectivity index (χ2n) is 7.79. The zero-order valence-corrected chi connectivity index (χ0v) is 16.2. The van der Waals surface area contributed by atoms with Gasteiger partial charge in [0.1, 0.15) is 17.8 Å². The van der Waals surface area contributed by atoms with Gasteiger partial charge in [0.05, 0.1) is 5.52 Å². The lowest BCUT2D eigenvalue weighted by atomic mass is 10.0. The molecule has 28 heavy (non-hydrogen) atoms. The molecular formula is C22H24N6. The van der Waals surface area contributed by atoms with Crippen molar-refractivity contribution in [2.75, 3.05) is 25.5 Å². The van der Waals surface area contributed by atoms with Crippen molar-refractivity contribution in [2.45, 2.75) is 25.8 Å². The summed E-state index contributed by atoms with van der Waals surface area (Å²) in [5.41, 5.74) is 5.33. The maximum atomic E-state index is 4.56. The first-order valence-corrected chi connectivity index (χ1v) is 9.81. The molecule has 4 heterocycles. The molecule has 6 heteroatoms. The van der Waals surface area contributed by atoms with E-state index in [1.54, 1.807) is 6.33 Å². The van der Waals surface area contributed by atoms with Crippen LogP contribution in [0.4, 0.5) is 5.82 Å². The second-order valence-corrected chi connectivity index (χ2v) is 7.79. The van der Waals surface area contributed by atoms with Crippen LogP contribution >= 0.6 is 0 Å². The third-order valence-corrected chi connectivity index (χ3v) is 5.67. The number of nitrogens with zero attached hydrogens (tertiary/aromatic N) is 4. The predicted molar refractivity (Wildman–Crippen MR) is 114 cm³/mol. The van der Waals surface area contributed by atoms with Gasteiger partial charge in [-0.05, 0) is 69.2 Å². The van der Waals surface area contributed by atoms with Crippen LogP contribution in [0.15, 0.2) is 43.0 Å². The number of pyridine rings is 1. The number of H-pyrrole nitrogens is 1. The lowest BCUT2D eigenvalue weighted by Gasteiger charge is -2.30. The Kier molecular flexibility index (Phi) is 4.20. The zero-order chi connectivity index (χ0) is 19.1. The van der Waals surface area contributed by atoms with Crippen molar-refractivity contribution in [2.24, 2.45) is 0 Å². The molecular weight excluding hydrogens is 348 g/mol. The summed E-state index contributed by atoms with van der Waals surface area (Å²) in [5, 5.41) is 5.87. The first-order chi connectivity index (χ1) is 13.7. The van der Waals surface area contributed by atoms with E-state index in [2.05, 4.69) is 68.4 Å². The van der Waals surface area contributed by atoms with Crippen molar-refractivity contribution in [3.05, 3.63) is 48.5 Å². The second kappa shape index (κ2) is 6.87. The lowest BCUT2D eigenvalue weighted by molar-refractivity contribution is 0.264. The number of anilines is 1. The fourth-order valence-electron chi connectivity index (χ4n) is 4.03. The van der Waals surface area contributed by atoms with E-state index in [4.69, 9.17) is 0 Å². The van der Waals surface area contributed by atoms with Crippen LogP contribution in [0.3, 0.4) is 0 Å². The third-order valence-electron chi connectivity index (χ3n) is 5.67. The molecule has 6 nitrogen and oxygen atoms in total. The molecule has 0 spiro atoms. The Morgan fingerprint density at radius 1 is 1.07 bits per heavy atom. The summed E-state index contributed by atoms with van der Waals surface area (Å²) in [6.07, 6.45) is 7.84. The van der Waals surface area contributed by atoms with E-state index >= 15 is 0 Å². The normalized spacial score (nSPS) is 16.1. The van der Waals surface area contributed by atoms with Gasteiger partial charge >= 0.3 is 0 Å². The van der Waals surface area contributed by atoms with Crippen molar-refractivity contribution in [1.82, 2.24) is 24.8 Å². The lowest BCUT2D eigenvalue weighted by Crippen LogP contribution is -2.36. The van der Waals surface area contributed by atoms with Crippen molar-refractivity contribution in [3.63, 3.8) is 0 Å². The number of rotatable bonds is 3. The summed E-state index contributed by atoms with van der Waals surface area (Å²) in [6, 6.07) is 9.03. The van der Waals surface area contributed by atoms with Gasteiger partial charge in [-0.25, -0.2) is 15.0 Å². The zero-order valence-electron chi connectivity index (χ0n) is 16.2. The number of hydrogen-bond acceptors (Lipinski definition) is 5. The van der Waals surface area contributed by atoms with Crippen LogP contribution in [0.25, 0.3) is 33.1 Å². The number of piperidine rings is 1. The summed E-state index contributed by atoms with van der Waals surface area (Å²) in [7, 11) is 2.18. The molecule has 0 unspecified atom stereocenters. The van der Waals surface area contributed by atoms with E-state index in [9.17, 15) is 0 Å². The molecule has 0 radical (unpaired) electrons. The molecule has 0 saturated carbocycles. The number of aromatic amines is 1. The highest BCUT2D eigenvalue weighted by Gasteiger charge is 2.18. The Labute approximate surface area is 164 Å².